The third kappa shape index (κ3) is 5.82. The van der Waals surface area contributed by atoms with E-state index in [2.05, 4.69) is 166 Å². The maximum absolute atomic E-state index is 5.43. The first-order chi connectivity index (χ1) is 27.0. The smallest absolute Gasteiger partial charge is 0.160 e. The van der Waals surface area contributed by atoms with Crippen molar-refractivity contribution in [2.75, 3.05) is 0 Å². The minimum Gasteiger partial charge on any atom is -0.248 e. The van der Waals surface area contributed by atoms with Crippen LogP contribution < -0.4 is 0 Å². The minimum atomic E-state index is -0.132. The Morgan fingerprint density at radius 3 is 1.53 bits per heavy atom. The van der Waals surface area contributed by atoms with Crippen LogP contribution in [0.5, 0.6) is 0 Å². The van der Waals surface area contributed by atoms with Crippen LogP contribution in [0.2, 0.25) is 0 Å². The summed E-state index contributed by atoms with van der Waals surface area (Å²) in [6, 6.07) is 66.5. The van der Waals surface area contributed by atoms with Crippen molar-refractivity contribution in [2.24, 2.45) is 0 Å². The number of pyridine rings is 1. The molecule has 3 heteroatoms. The fourth-order valence-electron chi connectivity index (χ4n) is 8.19. The van der Waals surface area contributed by atoms with Crippen LogP contribution in [0.3, 0.4) is 0 Å². The lowest BCUT2D eigenvalue weighted by atomic mass is 9.82. The van der Waals surface area contributed by atoms with E-state index in [0.717, 1.165) is 61.4 Å². The van der Waals surface area contributed by atoms with E-state index in [-0.39, 0.29) is 5.41 Å². The second-order valence-corrected chi connectivity index (χ2v) is 14.9. The van der Waals surface area contributed by atoms with Crippen molar-refractivity contribution in [3.05, 3.63) is 199 Å². The zero-order valence-electron chi connectivity index (χ0n) is 30.7. The Balaban J connectivity index is 1.15. The van der Waals surface area contributed by atoms with E-state index < -0.39 is 0 Å². The molecule has 0 fully saturated rings. The van der Waals surface area contributed by atoms with Gasteiger partial charge in [0, 0.05) is 33.1 Å². The second kappa shape index (κ2) is 13.2. The predicted molar refractivity (Wildman–Crippen MR) is 228 cm³/mol. The van der Waals surface area contributed by atoms with Crippen LogP contribution in [0.1, 0.15) is 25.0 Å². The summed E-state index contributed by atoms with van der Waals surface area (Å²) in [6.07, 6.45) is 0. The second-order valence-electron chi connectivity index (χ2n) is 14.9. The maximum atomic E-state index is 5.43. The topological polar surface area (TPSA) is 38.7 Å². The summed E-state index contributed by atoms with van der Waals surface area (Å²) in [5.41, 5.74) is 17.6. The van der Waals surface area contributed by atoms with Crippen molar-refractivity contribution in [1.29, 1.82) is 0 Å². The molecule has 9 aromatic rings. The fourth-order valence-corrected chi connectivity index (χ4v) is 8.19. The molecule has 0 spiro atoms. The molecule has 2 heterocycles. The molecule has 260 valence electrons. The van der Waals surface area contributed by atoms with Gasteiger partial charge in [-0.1, -0.05) is 172 Å². The highest BCUT2D eigenvalue weighted by molar-refractivity contribution is 6.01. The Bertz CT molecular complexity index is 2800. The Hall–Kier alpha value is -6.97. The monoisotopic (exact) mass is 703 g/mol. The lowest BCUT2D eigenvalue weighted by molar-refractivity contribution is 0.661. The number of rotatable bonds is 6. The SMILES string of the molecule is CC1(C)c2ccccc2-c2cc3c(-c4ccc(-c5ccccc5)cc4)cc(-c4cccc(-c5nc(-c6ccccc6)cc(-c6ccccc6)n5)c4)nc3cc21. The number of aromatic nitrogens is 3. The van der Waals surface area contributed by atoms with Gasteiger partial charge in [0.05, 0.1) is 22.6 Å². The van der Waals surface area contributed by atoms with Crippen LogP contribution in [0.15, 0.2) is 188 Å². The first-order valence-electron chi connectivity index (χ1n) is 18.9. The molecule has 0 atom stereocenters. The summed E-state index contributed by atoms with van der Waals surface area (Å²) in [5.74, 6) is 0.678. The number of hydrogen-bond donors (Lipinski definition) is 0. The molecule has 0 bridgehead atoms. The van der Waals surface area contributed by atoms with Crippen LogP contribution in [0.25, 0.3) is 89.4 Å². The summed E-state index contributed by atoms with van der Waals surface area (Å²) in [7, 11) is 0. The number of hydrogen-bond acceptors (Lipinski definition) is 3. The highest BCUT2D eigenvalue weighted by Gasteiger charge is 2.35. The highest BCUT2D eigenvalue weighted by Crippen LogP contribution is 2.50. The van der Waals surface area contributed by atoms with Crippen LogP contribution in [0.4, 0.5) is 0 Å². The molecule has 1 aliphatic rings. The van der Waals surface area contributed by atoms with E-state index >= 15 is 0 Å². The largest absolute Gasteiger partial charge is 0.248 e. The van der Waals surface area contributed by atoms with Gasteiger partial charge in [-0.15, -0.1) is 0 Å². The van der Waals surface area contributed by atoms with Gasteiger partial charge in [0.2, 0.25) is 0 Å². The Labute approximate surface area is 321 Å². The van der Waals surface area contributed by atoms with Gasteiger partial charge in [0.25, 0.3) is 0 Å². The van der Waals surface area contributed by atoms with Crippen molar-refractivity contribution < 1.29 is 0 Å². The summed E-state index contributed by atoms with van der Waals surface area (Å²) >= 11 is 0. The van der Waals surface area contributed by atoms with Gasteiger partial charge >= 0.3 is 0 Å². The maximum Gasteiger partial charge on any atom is 0.160 e. The van der Waals surface area contributed by atoms with Crippen LogP contribution >= 0.6 is 0 Å². The molecule has 0 saturated carbocycles. The highest BCUT2D eigenvalue weighted by atomic mass is 14.9. The van der Waals surface area contributed by atoms with Crippen molar-refractivity contribution in [3.63, 3.8) is 0 Å². The van der Waals surface area contributed by atoms with E-state index in [4.69, 9.17) is 15.0 Å². The molecule has 1 aliphatic carbocycles. The standard InChI is InChI=1S/C52H37N3/c1-52(2)45-24-13-12-23-41(45)43-30-44-42(36-27-25-35(26-28-36)34-15-6-3-7-16-34)31-47(53-50(44)32-46(43)52)39-21-14-22-40(29-39)51-54-48(37-17-8-4-9-18-37)33-49(55-51)38-19-10-5-11-20-38/h3-33H,1-2H3. The van der Waals surface area contributed by atoms with E-state index in [0.29, 0.717) is 5.82 Å². The molecule has 0 aliphatic heterocycles. The van der Waals surface area contributed by atoms with Crippen molar-refractivity contribution in [3.8, 4) is 78.5 Å². The molecule has 10 rings (SSSR count). The van der Waals surface area contributed by atoms with Crippen molar-refractivity contribution in [1.82, 2.24) is 15.0 Å². The van der Waals surface area contributed by atoms with Gasteiger partial charge in [-0.2, -0.15) is 0 Å². The van der Waals surface area contributed by atoms with Gasteiger partial charge < -0.3 is 0 Å². The molecule has 55 heavy (non-hydrogen) atoms. The first kappa shape index (κ1) is 32.7. The van der Waals surface area contributed by atoms with Crippen LogP contribution in [-0.4, -0.2) is 15.0 Å². The summed E-state index contributed by atoms with van der Waals surface area (Å²) < 4.78 is 0. The van der Waals surface area contributed by atoms with E-state index in [9.17, 15) is 0 Å². The van der Waals surface area contributed by atoms with Crippen LogP contribution in [-0.2, 0) is 5.41 Å². The molecule has 0 N–H and O–H groups in total. The van der Waals surface area contributed by atoms with Crippen molar-refractivity contribution >= 4 is 10.9 Å². The van der Waals surface area contributed by atoms with Gasteiger partial charge in [0.1, 0.15) is 0 Å². The average Bonchev–Trinajstić information content (AvgIpc) is 3.48. The molecular weight excluding hydrogens is 667 g/mol. The first-order valence-corrected chi connectivity index (χ1v) is 18.9. The molecule has 2 aromatic heterocycles. The van der Waals surface area contributed by atoms with Gasteiger partial charge in [-0.25, -0.2) is 15.0 Å². The number of fused-ring (bicyclic) bond motifs is 4. The van der Waals surface area contributed by atoms with Crippen LogP contribution in [0, 0.1) is 0 Å². The van der Waals surface area contributed by atoms with E-state index in [1.54, 1.807) is 0 Å². The van der Waals surface area contributed by atoms with Gasteiger partial charge in [-0.3, -0.25) is 0 Å². The third-order valence-electron chi connectivity index (χ3n) is 11.1. The minimum absolute atomic E-state index is 0.132. The lowest BCUT2D eigenvalue weighted by Gasteiger charge is -2.22. The molecule has 0 unspecified atom stereocenters. The Morgan fingerprint density at radius 2 is 0.855 bits per heavy atom. The van der Waals surface area contributed by atoms with E-state index in [1.165, 1.54) is 33.4 Å². The molecule has 0 saturated heterocycles. The Morgan fingerprint density at radius 1 is 0.327 bits per heavy atom. The van der Waals surface area contributed by atoms with E-state index in [1.807, 2.05) is 36.4 Å². The van der Waals surface area contributed by atoms with Gasteiger partial charge in [0.15, 0.2) is 5.82 Å². The van der Waals surface area contributed by atoms with Crippen molar-refractivity contribution in [2.45, 2.75) is 19.3 Å². The third-order valence-corrected chi connectivity index (χ3v) is 11.1. The zero-order chi connectivity index (χ0) is 36.9. The number of nitrogens with zero attached hydrogens (tertiary/aromatic N) is 3. The summed E-state index contributed by atoms with van der Waals surface area (Å²) in [4.78, 5) is 15.7. The average molecular weight is 704 g/mol. The summed E-state index contributed by atoms with van der Waals surface area (Å²) in [5, 5.41) is 1.14. The Kier molecular flexibility index (Phi) is 7.81. The zero-order valence-corrected chi connectivity index (χ0v) is 30.7. The molecular formula is C52H37N3. The molecule has 3 nitrogen and oxygen atoms in total. The molecule has 7 aromatic carbocycles. The van der Waals surface area contributed by atoms with Gasteiger partial charge in [-0.05, 0) is 74.8 Å². The fraction of sp³-hybridized carbons (Fsp3) is 0.0577. The normalized spacial score (nSPS) is 12.7. The number of benzene rings is 7. The quantitative estimate of drug-likeness (QED) is 0.173. The summed E-state index contributed by atoms with van der Waals surface area (Å²) in [6.45, 7) is 4.65. The molecule has 0 amide bonds. The lowest BCUT2D eigenvalue weighted by Crippen LogP contribution is -2.14. The predicted octanol–water partition coefficient (Wildman–Crippen LogP) is 13.3. The molecule has 0 radical (unpaired) electrons.